The smallest absolute Gasteiger partial charge is 0.323 e. The molecule has 1 saturated carbocycles. The SMILES string of the molecule is O=C(O)C1(NC2/C=C\CCCCC2)CC1. The topological polar surface area (TPSA) is 49.3 Å². The molecule has 0 bridgehead atoms. The molecule has 0 aromatic heterocycles. The van der Waals surface area contributed by atoms with Crippen molar-refractivity contribution in [2.45, 2.75) is 56.5 Å². The molecule has 0 amide bonds. The van der Waals surface area contributed by atoms with Gasteiger partial charge in [0.1, 0.15) is 5.54 Å². The van der Waals surface area contributed by atoms with E-state index in [0.717, 1.165) is 25.7 Å². The third kappa shape index (κ3) is 2.59. The van der Waals surface area contributed by atoms with Gasteiger partial charge in [0.05, 0.1) is 0 Å². The Morgan fingerprint density at radius 1 is 1.33 bits per heavy atom. The number of carboxylic acids is 1. The van der Waals surface area contributed by atoms with E-state index in [0.29, 0.717) is 0 Å². The van der Waals surface area contributed by atoms with Crippen molar-refractivity contribution in [3.05, 3.63) is 12.2 Å². The van der Waals surface area contributed by atoms with Crippen LogP contribution in [0.15, 0.2) is 12.2 Å². The Morgan fingerprint density at radius 3 is 2.80 bits per heavy atom. The van der Waals surface area contributed by atoms with Gasteiger partial charge in [0, 0.05) is 6.04 Å². The zero-order valence-electron chi connectivity index (χ0n) is 9.04. The first kappa shape index (κ1) is 10.7. The van der Waals surface area contributed by atoms with Crippen molar-refractivity contribution < 1.29 is 9.90 Å². The van der Waals surface area contributed by atoms with Gasteiger partial charge in [-0.2, -0.15) is 0 Å². The number of nitrogens with one attached hydrogen (secondary N) is 1. The molecule has 0 heterocycles. The van der Waals surface area contributed by atoms with Crippen molar-refractivity contribution in [1.82, 2.24) is 5.32 Å². The summed E-state index contributed by atoms with van der Waals surface area (Å²) >= 11 is 0. The van der Waals surface area contributed by atoms with Gasteiger partial charge in [-0.1, -0.05) is 25.0 Å². The summed E-state index contributed by atoms with van der Waals surface area (Å²) in [7, 11) is 0. The first-order valence-electron chi connectivity index (χ1n) is 5.91. The summed E-state index contributed by atoms with van der Waals surface area (Å²) in [6, 6.07) is 0.267. The van der Waals surface area contributed by atoms with Gasteiger partial charge in [0.15, 0.2) is 0 Å². The van der Waals surface area contributed by atoms with Crippen LogP contribution in [-0.2, 0) is 4.79 Å². The fraction of sp³-hybridized carbons (Fsp3) is 0.750. The molecule has 2 rings (SSSR count). The maximum atomic E-state index is 11.0. The summed E-state index contributed by atoms with van der Waals surface area (Å²) in [4.78, 5) is 11.0. The van der Waals surface area contributed by atoms with E-state index in [1.807, 2.05) is 0 Å². The fourth-order valence-corrected chi connectivity index (χ4v) is 2.18. The molecular weight excluding hydrogens is 190 g/mol. The number of rotatable bonds is 3. The molecular formula is C12H19NO2. The number of hydrogen-bond donors (Lipinski definition) is 2. The zero-order valence-corrected chi connectivity index (χ0v) is 9.04. The Hall–Kier alpha value is -0.830. The van der Waals surface area contributed by atoms with Crippen LogP contribution in [0.1, 0.15) is 44.9 Å². The third-order valence-electron chi connectivity index (χ3n) is 3.38. The molecule has 15 heavy (non-hydrogen) atoms. The summed E-state index contributed by atoms with van der Waals surface area (Å²) in [5.41, 5.74) is -0.589. The van der Waals surface area contributed by atoms with Crippen LogP contribution in [0.25, 0.3) is 0 Å². The minimum absolute atomic E-state index is 0.267. The van der Waals surface area contributed by atoms with Gasteiger partial charge in [-0.3, -0.25) is 10.1 Å². The molecule has 1 unspecified atom stereocenters. The van der Waals surface area contributed by atoms with Crippen LogP contribution in [0.5, 0.6) is 0 Å². The van der Waals surface area contributed by atoms with Crippen LogP contribution >= 0.6 is 0 Å². The predicted octanol–water partition coefficient (Wildman–Crippen LogP) is 2.08. The summed E-state index contributed by atoms with van der Waals surface area (Å²) < 4.78 is 0. The highest BCUT2D eigenvalue weighted by Crippen LogP contribution is 2.36. The number of allylic oxidation sites excluding steroid dienone is 1. The molecule has 1 fully saturated rings. The van der Waals surface area contributed by atoms with E-state index < -0.39 is 11.5 Å². The van der Waals surface area contributed by atoms with Crippen molar-refractivity contribution in [2.24, 2.45) is 0 Å². The quantitative estimate of drug-likeness (QED) is 0.700. The normalized spacial score (nSPS) is 31.3. The molecule has 0 radical (unpaired) electrons. The van der Waals surface area contributed by atoms with Gasteiger partial charge in [0.2, 0.25) is 0 Å². The second-order valence-electron chi connectivity index (χ2n) is 4.70. The van der Waals surface area contributed by atoms with Gasteiger partial charge in [-0.15, -0.1) is 0 Å². The number of aliphatic carboxylic acids is 1. The highest BCUT2D eigenvalue weighted by molar-refractivity contribution is 5.82. The lowest BCUT2D eigenvalue weighted by molar-refractivity contribution is -0.140. The van der Waals surface area contributed by atoms with Gasteiger partial charge in [-0.25, -0.2) is 0 Å². The van der Waals surface area contributed by atoms with E-state index in [2.05, 4.69) is 17.5 Å². The van der Waals surface area contributed by atoms with Crippen molar-refractivity contribution in [3.8, 4) is 0 Å². The van der Waals surface area contributed by atoms with Crippen molar-refractivity contribution >= 4 is 5.97 Å². The number of hydrogen-bond acceptors (Lipinski definition) is 2. The highest BCUT2D eigenvalue weighted by atomic mass is 16.4. The Labute approximate surface area is 90.6 Å². The van der Waals surface area contributed by atoms with Gasteiger partial charge in [-0.05, 0) is 32.1 Å². The lowest BCUT2D eigenvalue weighted by Crippen LogP contribution is -2.44. The van der Waals surface area contributed by atoms with Crippen LogP contribution in [0.2, 0.25) is 0 Å². The molecule has 3 heteroatoms. The minimum atomic E-state index is -0.682. The first-order chi connectivity index (χ1) is 7.23. The largest absolute Gasteiger partial charge is 0.480 e. The van der Waals surface area contributed by atoms with Crippen LogP contribution in [-0.4, -0.2) is 22.7 Å². The van der Waals surface area contributed by atoms with Gasteiger partial charge in [0.25, 0.3) is 0 Å². The Kier molecular flexibility index (Phi) is 3.10. The van der Waals surface area contributed by atoms with Crippen molar-refractivity contribution in [2.75, 3.05) is 0 Å². The second-order valence-corrected chi connectivity index (χ2v) is 4.70. The summed E-state index contributed by atoms with van der Waals surface area (Å²) in [6.07, 6.45) is 11.9. The maximum Gasteiger partial charge on any atom is 0.323 e. The first-order valence-corrected chi connectivity index (χ1v) is 5.91. The molecule has 0 aromatic carbocycles. The van der Waals surface area contributed by atoms with Crippen LogP contribution < -0.4 is 5.32 Å². The summed E-state index contributed by atoms with van der Waals surface area (Å²) in [5.74, 6) is -0.682. The van der Waals surface area contributed by atoms with E-state index in [1.54, 1.807) is 0 Å². The van der Waals surface area contributed by atoms with E-state index in [9.17, 15) is 4.79 Å². The average molecular weight is 209 g/mol. The van der Waals surface area contributed by atoms with E-state index in [-0.39, 0.29) is 6.04 Å². The fourth-order valence-electron chi connectivity index (χ4n) is 2.18. The molecule has 2 aliphatic carbocycles. The molecule has 1 atom stereocenters. The van der Waals surface area contributed by atoms with E-state index in [4.69, 9.17) is 5.11 Å². The van der Waals surface area contributed by atoms with E-state index >= 15 is 0 Å². The van der Waals surface area contributed by atoms with E-state index in [1.165, 1.54) is 19.3 Å². The monoisotopic (exact) mass is 209 g/mol. The lowest BCUT2D eigenvalue weighted by atomic mass is 10.0. The van der Waals surface area contributed by atoms with Crippen LogP contribution in [0.4, 0.5) is 0 Å². The molecule has 0 aromatic rings. The lowest BCUT2D eigenvalue weighted by Gasteiger charge is -2.21. The Morgan fingerprint density at radius 2 is 2.13 bits per heavy atom. The summed E-state index contributed by atoms with van der Waals surface area (Å²) in [5, 5.41) is 12.4. The molecule has 3 nitrogen and oxygen atoms in total. The van der Waals surface area contributed by atoms with Crippen LogP contribution in [0.3, 0.4) is 0 Å². The van der Waals surface area contributed by atoms with Gasteiger partial charge >= 0.3 is 5.97 Å². The number of carboxylic acid groups (broad SMARTS) is 1. The molecule has 0 saturated heterocycles. The minimum Gasteiger partial charge on any atom is -0.480 e. The Bertz CT molecular complexity index is 269. The number of carbonyl (C=O) groups is 1. The van der Waals surface area contributed by atoms with Crippen molar-refractivity contribution in [3.63, 3.8) is 0 Å². The zero-order chi connectivity index (χ0) is 10.7. The standard InChI is InChI=1S/C12H19NO2/c14-11(15)12(8-9-12)13-10-6-4-2-1-3-5-7-10/h4,6,10,13H,1-3,5,7-9H2,(H,14,15)/b6-4-. The van der Waals surface area contributed by atoms with Gasteiger partial charge < -0.3 is 5.11 Å². The molecule has 2 aliphatic rings. The second kappa shape index (κ2) is 4.35. The molecule has 84 valence electrons. The molecule has 0 spiro atoms. The predicted molar refractivity (Wildman–Crippen MR) is 58.7 cm³/mol. The average Bonchev–Trinajstić information content (AvgIpc) is 2.90. The third-order valence-corrected chi connectivity index (χ3v) is 3.38. The maximum absolute atomic E-state index is 11.0. The summed E-state index contributed by atoms with van der Waals surface area (Å²) in [6.45, 7) is 0. The molecule has 0 aliphatic heterocycles. The molecule has 2 N–H and O–H groups in total. The van der Waals surface area contributed by atoms with Crippen LogP contribution in [0, 0.1) is 0 Å². The highest BCUT2D eigenvalue weighted by Gasteiger charge is 2.50. The van der Waals surface area contributed by atoms with Crippen molar-refractivity contribution in [1.29, 1.82) is 0 Å². The Balaban J connectivity index is 1.92.